The zero-order chi connectivity index (χ0) is 77.8. The predicted molar refractivity (Wildman–Crippen MR) is 441 cm³/mol. The first-order valence-electron chi connectivity index (χ1n) is 34.2. The second kappa shape index (κ2) is 30.3. The van der Waals surface area contributed by atoms with Crippen LogP contribution >= 0.6 is 0 Å². The molecule has 550 valence electrons. The molecule has 0 heterocycles. The van der Waals surface area contributed by atoms with E-state index in [2.05, 4.69) is 44.9 Å². The zero-order valence-electron chi connectivity index (χ0n) is 60.5. The summed E-state index contributed by atoms with van der Waals surface area (Å²) in [7, 11) is 0.377. The molecule has 24 heteroatoms. The van der Waals surface area contributed by atoms with Crippen molar-refractivity contribution in [1.82, 2.24) is 0 Å². The fourth-order valence-electron chi connectivity index (χ4n) is 13.8. The molecule has 0 bridgehead atoms. The third-order valence-electron chi connectivity index (χ3n) is 19.2. The van der Waals surface area contributed by atoms with Gasteiger partial charge in [0.2, 0.25) is 0 Å². The fraction of sp³-hybridized carbons (Fsp3) is 0.0930. The summed E-state index contributed by atoms with van der Waals surface area (Å²) in [6.45, 7) is 0. The topological polar surface area (TPSA) is 359 Å². The van der Waals surface area contributed by atoms with Crippen LogP contribution in [-0.2, 0) is 30.9 Å². The van der Waals surface area contributed by atoms with Crippen LogP contribution in [0.1, 0.15) is 44.5 Å². The number of sulfonamides is 2. The number of methoxy groups -OCH3 is 4. The van der Waals surface area contributed by atoms with E-state index >= 15 is 16.8 Å². The number of hydrogen-bond acceptors (Lipinski definition) is 12. The summed E-state index contributed by atoms with van der Waals surface area (Å²) >= 11 is 0. The Morgan fingerprint density at radius 2 is 0.600 bits per heavy atom. The molecule has 0 spiro atoms. The summed E-state index contributed by atoms with van der Waals surface area (Å²) in [5.74, 6) is 14.1. The van der Waals surface area contributed by atoms with E-state index in [0.717, 1.165) is 43.1 Å². The summed E-state index contributed by atoms with van der Waals surface area (Å²) in [6.07, 6.45) is 0. The van der Waals surface area contributed by atoms with Gasteiger partial charge in [0.05, 0.1) is 72.4 Å². The standard InChI is InChI=1S/C86H76N14O8S2/c1-99(109(101,102)71-31-25-59-41-55-13-7-9-15-57(55)43-61(59)45-71)69-19-11-17-63(47-69)85(65-27-33-77(105-3)73(49-65)95-81(87)88,66-28-34-78(106-4)74(50-66)96-82(89)90)39-37-53-21-23-54(24-22-53)38-40-86(67-29-35-79(107-5)75(51-67)97-83(91)92,68-30-36-80(108-6)76(52-68)98-84(93)94)64-18-12-20-70(48-64)100(2)110(103,104)72-32-26-60-42-56-14-8-10-16-58(56)44-62(60)46-72/h7-36,41-52H,1-6H3,(H4,87,88,95)(H4,89,90,96)(H4,91,92,97)(H4,93,94,98). The van der Waals surface area contributed by atoms with E-state index in [1.165, 1.54) is 51.1 Å². The maximum Gasteiger partial charge on any atom is 0.264 e. The Morgan fingerprint density at radius 3 is 0.882 bits per heavy atom. The van der Waals surface area contributed by atoms with Crippen molar-refractivity contribution in [3.05, 3.63) is 299 Å². The maximum absolute atomic E-state index is 15.1. The van der Waals surface area contributed by atoms with E-state index in [1.807, 2.05) is 84.9 Å². The van der Waals surface area contributed by atoms with Gasteiger partial charge in [0.25, 0.3) is 20.0 Å². The van der Waals surface area contributed by atoms with E-state index in [1.54, 1.807) is 170 Å². The number of nitrogens with two attached hydrogens (primary N) is 4. The van der Waals surface area contributed by atoms with Crippen molar-refractivity contribution in [3.63, 3.8) is 0 Å². The molecule has 0 amide bonds. The monoisotopic (exact) mass is 1500 g/mol. The molecule has 0 aliphatic heterocycles. The van der Waals surface area contributed by atoms with Gasteiger partial charge in [0.15, 0.2) is 23.8 Å². The van der Waals surface area contributed by atoms with Crippen LogP contribution in [-0.4, -0.2) is 83.2 Å². The van der Waals surface area contributed by atoms with Crippen LogP contribution in [0.5, 0.6) is 23.0 Å². The average Bonchev–Trinajstić information content (AvgIpc) is 0.741. The lowest BCUT2D eigenvalue weighted by atomic mass is 9.69. The predicted octanol–water partition coefficient (Wildman–Crippen LogP) is 14.0. The average molecular weight is 1500 g/mol. The van der Waals surface area contributed by atoms with E-state index in [-0.39, 0.29) is 45.0 Å². The van der Waals surface area contributed by atoms with E-state index in [9.17, 15) is 0 Å². The molecule has 0 atom stereocenters. The number of hydrogen-bond donors (Lipinski definition) is 12. The van der Waals surface area contributed by atoms with Crippen molar-refractivity contribution in [3.8, 4) is 46.7 Å². The highest BCUT2D eigenvalue weighted by atomic mass is 32.2. The van der Waals surface area contributed by atoms with Gasteiger partial charge in [-0.2, -0.15) is 0 Å². The molecule has 0 fully saturated rings. The summed E-state index contributed by atoms with van der Waals surface area (Å²) in [6, 6.07) is 76.1. The minimum absolute atomic E-state index is 0.0642. The van der Waals surface area contributed by atoms with Crippen molar-refractivity contribution < 1.29 is 35.8 Å². The van der Waals surface area contributed by atoms with E-state index < -0.39 is 30.9 Å². The molecule has 0 saturated carbocycles. The SMILES string of the molecule is COc1ccc(C(C#Cc2ccc(C#CC(c3cccc(N(C)S(=O)(=O)c4ccc5cc6ccccc6cc5c4)c3)(c3ccc(OC)c(NC(=N)N)c3)c3ccc(OC)c(NC(=N)N)c3)cc2)(c2cccc(N(C)S(=O)(=O)c3ccc4cc5ccccc5cc4c3)c2)c2ccc(OC)c(NC(=N)N)c2)cc1NC(=N)N. The number of guanidine groups is 4. The lowest BCUT2D eigenvalue weighted by Gasteiger charge is -2.33. The minimum atomic E-state index is -4.26. The highest BCUT2D eigenvalue weighted by Crippen LogP contribution is 2.48. The van der Waals surface area contributed by atoms with Crippen LogP contribution in [0.2, 0.25) is 0 Å². The maximum atomic E-state index is 15.1. The number of benzene rings is 13. The molecule has 16 N–H and O–H groups in total. The lowest BCUT2D eigenvalue weighted by molar-refractivity contribution is 0.416. The Bertz CT molecular complexity index is 5760. The van der Waals surface area contributed by atoms with Gasteiger partial charge >= 0.3 is 0 Å². The second-order valence-electron chi connectivity index (χ2n) is 25.9. The third kappa shape index (κ3) is 14.5. The Hall–Kier alpha value is -14.2. The molecule has 110 heavy (non-hydrogen) atoms. The Labute approximate surface area is 636 Å². The van der Waals surface area contributed by atoms with Crippen molar-refractivity contribution in [2.75, 3.05) is 72.4 Å². The van der Waals surface area contributed by atoms with Crippen molar-refractivity contribution in [1.29, 1.82) is 21.6 Å². The van der Waals surface area contributed by atoms with Crippen molar-refractivity contribution >= 4 is 121 Å². The third-order valence-corrected chi connectivity index (χ3v) is 22.8. The van der Waals surface area contributed by atoms with Gasteiger partial charge in [-0.15, -0.1) is 0 Å². The Kier molecular flexibility index (Phi) is 20.4. The number of nitrogens with one attached hydrogen (secondary N) is 8. The molecule has 0 saturated heterocycles. The summed E-state index contributed by atoms with van der Waals surface area (Å²) in [5.41, 5.74) is 26.6. The number of rotatable bonds is 20. The first-order chi connectivity index (χ1) is 52.8. The number of fused-ring (bicyclic) bond motifs is 4. The van der Waals surface area contributed by atoms with Gasteiger partial charge in [-0.25, -0.2) is 16.8 Å². The zero-order valence-corrected chi connectivity index (χ0v) is 62.2. The van der Waals surface area contributed by atoms with Gasteiger partial charge in [-0.1, -0.05) is 133 Å². The quantitative estimate of drug-likeness (QED) is 0.0111. The van der Waals surface area contributed by atoms with Gasteiger partial charge < -0.3 is 63.1 Å². The summed E-state index contributed by atoms with van der Waals surface area (Å²) < 4.78 is 86.0. The van der Waals surface area contributed by atoms with Gasteiger partial charge in [0.1, 0.15) is 33.8 Å². The van der Waals surface area contributed by atoms with Gasteiger partial charge in [-0.05, 0) is 222 Å². The molecular formula is C86H76N14O8S2. The van der Waals surface area contributed by atoms with E-state index in [0.29, 0.717) is 90.3 Å². The van der Waals surface area contributed by atoms with Crippen LogP contribution < -0.4 is 71.8 Å². The molecule has 0 aliphatic rings. The molecule has 0 aromatic heterocycles. The fourth-order valence-corrected chi connectivity index (χ4v) is 16.2. The molecular weight excluding hydrogens is 1420 g/mol. The second-order valence-corrected chi connectivity index (χ2v) is 29.8. The van der Waals surface area contributed by atoms with Crippen LogP contribution in [0, 0.1) is 45.3 Å². The molecule has 22 nitrogen and oxygen atoms in total. The largest absolute Gasteiger partial charge is 0.495 e. The van der Waals surface area contributed by atoms with Crippen LogP contribution in [0.4, 0.5) is 34.1 Å². The normalized spacial score (nSPS) is 12.3. The highest BCUT2D eigenvalue weighted by molar-refractivity contribution is 7.93. The highest BCUT2D eigenvalue weighted by Gasteiger charge is 2.40. The number of ether oxygens (including phenoxy) is 4. The first kappa shape index (κ1) is 74.1. The van der Waals surface area contributed by atoms with Crippen LogP contribution in [0.15, 0.2) is 265 Å². The summed E-state index contributed by atoms with van der Waals surface area (Å²) in [4.78, 5) is 0.128. The number of anilines is 6. The smallest absolute Gasteiger partial charge is 0.264 e. The molecule has 13 aromatic carbocycles. The van der Waals surface area contributed by atoms with Crippen LogP contribution in [0.25, 0.3) is 43.1 Å². The number of nitrogens with zero attached hydrogens (tertiary/aromatic N) is 2. The van der Waals surface area contributed by atoms with Gasteiger partial charge in [0, 0.05) is 25.2 Å². The minimum Gasteiger partial charge on any atom is -0.495 e. The summed E-state index contributed by atoms with van der Waals surface area (Å²) in [5, 5.41) is 52.4. The molecule has 13 aromatic rings. The lowest BCUT2D eigenvalue weighted by Crippen LogP contribution is -2.31. The van der Waals surface area contributed by atoms with E-state index in [4.69, 9.17) is 63.5 Å². The molecule has 0 unspecified atom stereocenters. The van der Waals surface area contributed by atoms with Crippen molar-refractivity contribution in [2.24, 2.45) is 22.9 Å². The first-order valence-corrected chi connectivity index (χ1v) is 37.1. The van der Waals surface area contributed by atoms with Crippen molar-refractivity contribution in [2.45, 2.75) is 20.6 Å². The Balaban J connectivity index is 0.993. The van der Waals surface area contributed by atoms with Gasteiger partial charge in [-0.3, -0.25) is 30.2 Å². The molecule has 0 aliphatic carbocycles. The molecule has 13 rings (SSSR count). The van der Waals surface area contributed by atoms with Crippen LogP contribution in [0.3, 0.4) is 0 Å². The molecule has 0 radical (unpaired) electrons. The Morgan fingerprint density at radius 1 is 0.327 bits per heavy atom.